The number of nitrogens with zero attached hydrogens (tertiary/aromatic N) is 2. The van der Waals surface area contributed by atoms with Crippen LogP contribution in [0.4, 0.5) is 5.69 Å². The Morgan fingerprint density at radius 1 is 1.48 bits per heavy atom. The van der Waals surface area contributed by atoms with Gasteiger partial charge < -0.3 is 21.1 Å². The third-order valence-corrected chi connectivity index (χ3v) is 2.86. The Labute approximate surface area is 124 Å². The van der Waals surface area contributed by atoms with Crippen LogP contribution in [0.2, 0.25) is 0 Å². The van der Waals surface area contributed by atoms with E-state index in [0.29, 0.717) is 18.8 Å². The van der Waals surface area contributed by atoms with E-state index < -0.39 is 6.04 Å². The molecule has 118 valence electrons. The van der Waals surface area contributed by atoms with Crippen molar-refractivity contribution < 1.29 is 14.3 Å². The minimum absolute atomic E-state index is 0.0478. The zero-order chi connectivity index (χ0) is 15.8. The lowest BCUT2D eigenvalue weighted by Crippen LogP contribution is -2.39. The normalized spacial score (nSPS) is 12.2. The fraction of sp³-hybridized carbons (Fsp3) is 0.615. The molecule has 1 heterocycles. The zero-order valence-electron chi connectivity index (χ0n) is 12.6. The van der Waals surface area contributed by atoms with E-state index in [4.69, 9.17) is 10.5 Å². The second kappa shape index (κ2) is 8.38. The van der Waals surface area contributed by atoms with E-state index in [2.05, 4.69) is 15.7 Å². The molecule has 21 heavy (non-hydrogen) atoms. The molecule has 4 N–H and O–H groups in total. The van der Waals surface area contributed by atoms with Gasteiger partial charge in [-0.2, -0.15) is 5.10 Å². The molecule has 8 heteroatoms. The summed E-state index contributed by atoms with van der Waals surface area (Å²) >= 11 is 0. The highest BCUT2D eigenvalue weighted by Crippen LogP contribution is 2.07. The molecule has 0 spiro atoms. The number of carbonyl (C=O) groups excluding carboxylic acids is 2. The Balaban J connectivity index is 2.46. The van der Waals surface area contributed by atoms with Crippen LogP contribution < -0.4 is 16.4 Å². The molecule has 0 fully saturated rings. The van der Waals surface area contributed by atoms with Crippen molar-refractivity contribution in [1.29, 1.82) is 0 Å². The Hall–Kier alpha value is -1.93. The molecule has 0 aliphatic carbocycles. The summed E-state index contributed by atoms with van der Waals surface area (Å²) in [4.78, 5) is 23.4. The Morgan fingerprint density at radius 3 is 2.81 bits per heavy atom. The zero-order valence-corrected chi connectivity index (χ0v) is 12.6. The summed E-state index contributed by atoms with van der Waals surface area (Å²) in [7, 11) is 1.57. The van der Waals surface area contributed by atoms with E-state index in [-0.39, 0.29) is 24.3 Å². The molecule has 0 saturated carbocycles. The maximum absolute atomic E-state index is 11.8. The topological polar surface area (TPSA) is 111 Å². The second-order valence-electron chi connectivity index (χ2n) is 5.03. The van der Waals surface area contributed by atoms with E-state index in [0.717, 1.165) is 0 Å². The predicted molar refractivity (Wildman–Crippen MR) is 78.6 cm³/mol. The first kappa shape index (κ1) is 17.1. The number of nitrogens with two attached hydrogens (primary N) is 1. The molecule has 8 nitrogen and oxygen atoms in total. The average molecular weight is 297 g/mol. The largest absolute Gasteiger partial charge is 0.383 e. The van der Waals surface area contributed by atoms with Crippen LogP contribution in [0, 0.1) is 5.92 Å². The van der Waals surface area contributed by atoms with Crippen molar-refractivity contribution in [2.24, 2.45) is 11.7 Å². The van der Waals surface area contributed by atoms with Gasteiger partial charge in [-0.25, -0.2) is 0 Å². The summed E-state index contributed by atoms with van der Waals surface area (Å²) in [6, 6.07) is -0.578. The van der Waals surface area contributed by atoms with E-state index in [1.54, 1.807) is 13.3 Å². The third kappa shape index (κ3) is 5.92. The molecular formula is C13H23N5O3. The first-order chi connectivity index (χ1) is 9.93. The highest BCUT2D eigenvalue weighted by molar-refractivity contribution is 5.94. The number of anilines is 1. The lowest BCUT2D eigenvalue weighted by molar-refractivity contribution is -0.122. The number of nitrogens with one attached hydrogen (secondary N) is 2. The molecule has 0 unspecified atom stereocenters. The van der Waals surface area contributed by atoms with Gasteiger partial charge in [-0.1, -0.05) is 13.8 Å². The van der Waals surface area contributed by atoms with Gasteiger partial charge in [0.2, 0.25) is 11.8 Å². The quantitative estimate of drug-likeness (QED) is 0.564. The summed E-state index contributed by atoms with van der Waals surface area (Å²) in [6.07, 6.45) is 3.06. The standard InChI is InChI=1S/C13H23N5O3/c1-9(2)12(14)13(20)17-10-6-16-18(7-10)8-11(19)15-4-5-21-3/h6-7,9,12H,4-5,8,14H2,1-3H3,(H,15,19)(H,17,20)/t12-/m0/s1. The van der Waals surface area contributed by atoms with Gasteiger partial charge in [0.25, 0.3) is 0 Å². The number of hydrogen-bond acceptors (Lipinski definition) is 5. The van der Waals surface area contributed by atoms with Gasteiger partial charge in [-0.3, -0.25) is 14.3 Å². The first-order valence-corrected chi connectivity index (χ1v) is 6.78. The third-order valence-electron chi connectivity index (χ3n) is 2.86. The molecule has 1 aromatic heterocycles. The summed E-state index contributed by atoms with van der Waals surface area (Å²) < 4.78 is 6.28. The molecule has 2 amide bonds. The molecule has 0 bridgehead atoms. The monoisotopic (exact) mass is 297 g/mol. The lowest BCUT2D eigenvalue weighted by Gasteiger charge is -2.14. The lowest BCUT2D eigenvalue weighted by atomic mass is 10.1. The highest BCUT2D eigenvalue weighted by atomic mass is 16.5. The molecule has 0 saturated heterocycles. The number of hydrogen-bond donors (Lipinski definition) is 3. The highest BCUT2D eigenvalue weighted by Gasteiger charge is 2.17. The van der Waals surface area contributed by atoms with Crippen molar-refractivity contribution in [3.05, 3.63) is 12.4 Å². The summed E-state index contributed by atoms with van der Waals surface area (Å²) in [5.41, 5.74) is 6.26. The van der Waals surface area contributed by atoms with Crippen molar-refractivity contribution in [3.8, 4) is 0 Å². The number of rotatable bonds is 8. The van der Waals surface area contributed by atoms with E-state index in [9.17, 15) is 9.59 Å². The van der Waals surface area contributed by atoms with Gasteiger partial charge >= 0.3 is 0 Å². The van der Waals surface area contributed by atoms with Gasteiger partial charge in [0.15, 0.2) is 0 Å². The van der Waals surface area contributed by atoms with Crippen LogP contribution >= 0.6 is 0 Å². The number of ether oxygens (including phenoxy) is 1. The number of aromatic nitrogens is 2. The van der Waals surface area contributed by atoms with Crippen molar-refractivity contribution in [3.63, 3.8) is 0 Å². The number of methoxy groups -OCH3 is 1. The average Bonchev–Trinajstić information content (AvgIpc) is 2.85. The van der Waals surface area contributed by atoms with Crippen molar-refractivity contribution in [2.45, 2.75) is 26.4 Å². The Bertz CT molecular complexity index is 472. The van der Waals surface area contributed by atoms with Crippen molar-refractivity contribution in [2.75, 3.05) is 25.6 Å². The Morgan fingerprint density at radius 2 is 2.19 bits per heavy atom. The fourth-order valence-electron chi connectivity index (χ4n) is 1.54. The molecule has 0 aromatic carbocycles. The molecule has 1 aromatic rings. The smallest absolute Gasteiger partial charge is 0.241 e. The van der Waals surface area contributed by atoms with Crippen LogP contribution in [0.1, 0.15) is 13.8 Å². The van der Waals surface area contributed by atoms with Crippen molar-refractivity contribution >= 4 is 17.5 Å². The van der Waals surface area contributed by atoms with Gasteiger partial charge in [-0.15, -0.1) is 0 Å². The number of amides is 2. The molecule has 0 aliphatic heterocycles. The van der Waals surface area contributed by atoms with Crippen LogP contribution in [0.15, 0.2) is 12.4 Å². The first-order valence-electron chi connectivity index (χ1n) is 6.78. The minimum atomic E-state index is -0.578. The maximum Gasteiger partial charge on any atom is 0.241 e. The van der Waals surface area contributed by atoms with Crippen molar-refractivity contribution in [1.82, 2.24) is 15.1 Å². The second-order valence-corrected chi connectivity index (χ2v) is 5.03. The molecule has 1 rings (SSSR count). The van der Waals surface area contributed by atoms with Crippen LogP contribution in [-0.4, -0.2) is 47.9 Å². The minimum Gasteiger partial charge on any atom is -0.383 e. The number of carbonyl (C=O) groups is 2. The van der Waals surface area contributed by atoms with Gasteiger partial charge in [0.1, 0.15) is 6.54 Å². The van der Waals surface area contributed by atoms with Crippen LogP contribution in [-0.2, 0) is 20.9 Å². The van der Waals surface area contributed by atoms with Crippen LogP contribution in [0.3, 0.4) is 0 Å². The summed E-state index contributed by atoms with van der Waals surface area (Å²) in [6.45, 7) is 4.73. The molecule has 0 radical (unpaired) electrons. The fourth-order valence-corrected chi connectivity index (χ4v) is 1.54. The summed E-state index contributed by atoms with van der Waals surface area (Å²) in [5, 5.41) is 9.36. The van der Waals surface area contributed by atoms with Gasteiger partial charge in [0, 0.05) is 19.9 Å². The van der Waals surface area contributed by atoms with E-state index in [1.165, 1.54) is 10.9 Å². The summed E-state index contributed by atoms with van der Waals surface area (Å²) in [5.74, 6) is -0.396. The SMILES string of the molecule is COCCNC(=O)Cn1cc(NC(=O)[C@@H](N)C(C)C)cn1. The maximum atomic E-state index is 11.8. The Kier molecular flexibility index (Phi) is 6.83. The van der Waals surface area contributed by atoms with Crippen LogP contribution in [0.5, 0.6) is 0 Å². The molecule has 1 atom stereocenters. The van der Waals surface area contributed by atoms with E-state index >= 15 is 0 Å². The van der Waals surface area contributed by atoms with Gasteiger partial charge in [-0.05, 0) is 5.92 Å². The van der Waals surface area contributed by atoms with E-state index in [1.807, 2.05) is 13.8 Å². The molecule has 0 aliphatic rings. The molecular weight excluding hydrogens is 274 g/mol. The predicted octanol–water partition coefficient (Wildman–Crippen LogP) is -0.432. The van der Waals surface area contributed by atoms with Crippen LogP contribution in [0.25, 0.3) is 0 Å². The van der Waals surface area contributed by atoms with Gasteiger partial charge in [0.05, 0.1) is 24.5 Å².